The summed E-state index contributed by atoms with van der Waals surface area (Å²) in [5, 5.41) is 2.28. The number of aryl methyl sites for hydroxylation is 1. The molecule has 1 aromatic heterocycles. The lowest BCUT2D eigenvalue weighted by atomic mass is 10.1. The van der Waals surface area contributed by atoms with E-state index in [1.54, 1.807) is 13.0 Å². The Bertz CT molecular complexity index is 638. The number of nitrogens with one attached hydrogen (secondary N) is 1. The second-order valence-corrected chi connectivity index (χ2v) is 4.19. The lowest BCUT2D eigenvalue weighted by molar-refractivity contribution is -0.136. The van der Waals surface area contributed by atoms with Crippen molar-refractivity contribution in [3.63, 3.8) is 0 Å². The number of pyridine rings is 1. The highest BCUT2D eigenvalue weighted by molar-refractivity contribution is 6.05. The molecule has 0 radical (unpaired) electrons. The Balaban J connectivity index is 2.32. The van der Waals surface area contributed by atoms with Gasteiger partial charge in [0, 0.05) is 12.4 Å². The predicted molar refractivity (Wildman–Crippen MR) is 68.4 cm³/mol. The molecule has 0 saturated heterocycles. The molecule has 1 heterocycles. The monoisotopic (exact) mass is 280 g/mol. The summed E-state index contributed by atoms with van der Waals surface area (Å²) in [5.41, 5.74) is -0.269. The topological polar surface area (TPSA) is 42.0 Å². The second kappa shape index (κ2) is 5.32. The van der Waals surface area contributed by atoms with Crippen LogP contribution in [0.1, 0.15) is 21.5 Å². The number of anilines is 1. The number of rotatable bonds is 2. The maximum Gasteiger partial charge on any atom is 0.418 e. The van der Waals surface area contributed by atoms with Crippen LogP contribution in [0.4, 0.5) is 18.9 Å². The fourth-order valence-corrected chi connectivity index (χ4v) is 1.73. The smallest absolute Gasteiger partial charge is 0.321 e. The molecule has 1 amide bonds. The molecule has 0 fully saturated rings. The van der Waals surface area contributed by atoms with Crippen LogP contribution in [-0.4, -0.2) is 10.9 Å². The Labute approximate surface area is 113 Å². The van der Waals surface area contributed by atoms with Crippen molar-refractivity contribution in [3.05, 3.63) is 59.4 Å². The van der Waals surface area contributed by atoms with E-state index in [4.69, 9.17) is 0 Å². The summed E-state index contributed by atoms with van der Waals surface area (Å²) in [6.07, 6.45) is -1.69. The van der Waals surface area contributed by atoms with Gasteiger partial charge in [0.05, 0.1) is 16.8 Å². The van der Waals surface area contributed by atoms with Gasteiger partial charge >= 0.3 is 6.18 Å². The number of hydrogen-bond donors (Lipinski definition) is 1. The van der Waals surface area contributed by atoms with Gasteiger partial charge in [-0.05, 0) is 30.7 Å². The normalized spacial score (nSPS) is 11.2. The molecule has 2 rings (SSSR count). The van der Waals surface area contributed by atoms with Gasteiger partial charge in [-0.3, -0.25) is 9.78 Å². The molecular formula is C14H11F3N2O. The molecule has 0 aliphatic carbocycles. The van der Waals surface area contributed by atoms with Crippen molar-refractivity contribution in [2.75, 3.05) is 5.32 Å². The Morgan fingerprint density at radius 1 is 1.20 bits per heavy atom. The summed E-state index contributed by atoms with van der Waals surface area (Å²) in [5.74, 6) is -0.618. The lowest BCUT2D eigenvalue weighted by Crippen LogP contribution is -2.17. The highest BCUT2D eigenvalue weighted by atomic mass is 19.4. The molecule has 2 aromatic rings. The summed E-state index contributed by atoms with van der Waals surface area (Å²) < 4.78 is 38.5. The van der Waals surface area contributed by atoms with Crippen LogP contribution >= 0.6 is 0 Å². The van der Waals surface area contributed by atoms with Crippen molar-refractivity contribution in [3.8, 4) is 0 Å². The van der Waals surface area contributed by atoms with Crippen LogP contribution in [-0.2, 0) is 6.18 Å². The summed E-state index contributed by atoms with van der Waals surface area (Å²) >= 11 is 0. The van der Waals surface area contributed by atoms with Crippen LogP contribution in [0.15, 0.2) is 42.7 Å². The minimum absolute atomic E-state index is 0.240. The summed E-state index contributed by atoms with van der Waals surface area (Å²) in [6.45, 7) is 1.69. The average molecular weight is 280 g/mol. The maximum absolute atomic E-state index is 12.8. The van der Waals surface area contributed by atoms with Crippen LogP contribution in [0, 0.1) is 6.92 Å². The molecule has 3 nitrogen and oxygen atoms in total. The molecule has 104 valence electrons. The van der Waals surface area contributed by atoms with Crippen LogP contribution in [0.5, 0.6) is 0 Å². The minimum Gasteiger partial charge on any atom is -0.321 e. The number of hydrogen-bond acceptors (Lipinski definition) is 2. The van der Waals surface area contributed by atoms with Crippen molar-refractivity contribution in [1.29, 1.82) is 0 Å². The highest BCUT2D eigenvalue weighted by Gasteiger charge is 2.33. The minimum atomic E-state index is -4.52. The zero-order valence-corrected chi connectivity index (χ0v) is 10.5. The second-order valence-electron chi connectivity index (χ2n) is 4.19. The van der Waals surface area contributed by atoms with Crippen LogP contribution in [0.3, 0.4) is 0 Å². The number of aromatic nitrogens is 1. The Morgan fingerprint density at radius 3 is 2.55 bits per heavy atom. The highest BCUT2D eigenvalue weighted by Crippen LogP contribution is 2.34. The van der Waals surface area contributed by atoms with Gasteiger partial charge in [-0.15, -0.1) is 0 Å². The zero-order valence-electron chi connectivity index (χ0n) is 10.5. The summed E-state index contributed by atoms with van der Waals surface area (Å²) in [7, 11) is 0. The predicted octanol–water partition coefficient (Wildman–Crippen LogP) is 3.66. The fraction of sp³-hybridized carbons (Fsp3) is 0.143. The quantitative estimate of drug-likeness (QED) is 0.912. The zero-order chi connectivity index (χ0) is 14.8. The first-order chi connectivity index (χ1) is 9.39. The van der Waals surface area contributed by atoms with E-state index in [1.807, 2.05) is 0 Å². The largest absolute Gasteiger partial charge is 0.418 e. The van der Waals surface area contributed by atoms with E-state index in [0.29, 0.717) is 5.56 Å². The number of carbonyl (C=O) groups excluding carboxylic acids is 1. The van der Waals surface area contributed by atoms with E-state index in [9.17, 15) is 18.0 Å². The Kier molecular flexibility index (Phi) is 3.74. The summed E-state index contributed by atoms with van der Waals surface area (Å²) in [6, 6.07) is 6.46. The first-order valence-corrected chi connectivity index (χ1v) is 5.78. The van der Waals surface area contributed by atoms with Gasteiger partial charge in [-0.1, -0.05) is 12.1 Å². The molecule has 0 aliphatic heterocycles. The number of carbonyl (C=O) groups is 1. The molecule has 6 heteroatoms. The molecule has 0 unspecified atom stereocenters. The van der Waals surface area contributed by atoms with E-state index in [2.05, 4.69) is 10.3 Å². The first-order valence-electron chi connectivity index (χ1n) is 5.78. The molecule has 0 aliphatic rings. The SMILES string of the molecule is Cc1ccncc1C(=O)Nc1ccccc1C(F)(F)F. The van der Waals surface area contributed by atoms with Crippen molar-refractivity contribution >= 4 is 11.6 Å². The van der Waals surface area contributed by atoms with E-state index in [1.165, 1.54) is 30.6 Å². The molecule has 0 atom stereocenters. The third kappa shape index (κ3) is 2.96. The van der Waals surface area contributed by atoms with E-state index < -0.39 is 17.6 Å². The number of benzene rings is 1. The van der Waals surface area contributed by atoms with Crippen molar-refractivity contribution in [2.24, 2.45) is 0 Å². The van der Waals surface area contributed by atoms with Gasteiger partial charge in [-0.25, -0.2) is 0 Å². The maximum atomic E-state index is 12.8. The third-order valence-corrected chi connectivity index (χ3v) is 2.76. The van der Waals surface area contributed by atoms with Crippen molar-refractivity contribution < 1.29 is 18.0 Å². The number of nitrogens with zero attached hydrogens (tertiary/aromatic N) is 1. The molecule has 20 heavy (non-hydrogen) atoms. The first kappa shape index (κ1) is 14.0. The number of amides is 1. The van der Waals surface area contributed by atoms with E-state index >= 15 is 0 Å². The average Bonchev–Trinajstić information content (AvgIpc) is 2.38. The van der Waals surface area contributed by atoms with Gasteiger partial charge < -0.3 is 5.32 Å². The summed E-state index contributed by atoms with van der Waals surface area (Å²) in [4.78, 5) is 15.8. The molecular weight excluding hydrogens is 269 g/mol. The van der Waals surface area contributed by atoms with Gasteiger partial charge in [0.1, 0.15) is 0 Å². The lowest BCUT2D eigenvalue weighted by Gasteiger charge is -2.13. The van der Waals surface area contributed by atoms with E-state index in [-0.39, 0.29) is 11.3 Å². The van der Waals surface area contributed by atoms with E-state index in [0.717, 1.165) is 6.07 Å². The molecule has 0 bridgehead atoms. The number of para-hydroxylation sites is 1. The van der Waals surface area contributed by atoms with Crippen LogP contribution < -0.4 is 5.32 Å². The third-order valence-electron chi connectivity index (χ3n) is 2.76. The van der Waals surface area contributed by atoms with Crippen LogP contribution in [0.2, 0.25) is 0 Å². The van der Waals surface area contributed by atoms with Gasteiger partial charge in [-0.2, -0.15) is 13.2 Å². The van der Waals surface area contributed by atoms with Crippen LogP contribution in [0.25, 0.3) is 0 Å². The van der Waals surface area contributed by atoms with Gasteiger partial charge in [0.15, 0.2) is 0 Å². The Hall–Kier alpha value is -2.37. The van der Waals surface area contributed by atoms with Gasteiger partial charge in [0.25, 0.3) is 5.91 Å². The molecule has 1 aromatic carbocycles. The molecule has 1 N–H and O–H groups in total. The number of alkyl halides is 3. The number of halogens is 3. The van der Waals surface area contributed by atoms with Crippen molar-refractivity contribution in [1.82, 2.24) is 4.98 Å². The Morgan fingerprint density at radius 2 is 1.90 bits per heavy atom. The molecule has 0 spiro atoms. The standard InChI is InChI=1S/C14H11F3N2O/c1-9-6-7-18-8-10(9)13(20)19-12-5-3-2-4-11(12)14(15,16)17/h2-8H,1H3,(H,19,20). The fourth-order valence-electron chi connectivity index (χ4n) is 1.73. The molecule has 0 saturated carbocycles. The van der Waals surface area contributed by atoms with Crippen molar-refractivity contribution in [2.45, 2.75) is 13.1 Å². The van der Waals surface area contributed by atoms with Gasteiger partial charge in [0.2, 0.25) is 0 Å².